The van der Waals surface area contributed by atoms with Crippen molar-refractivity contribution < 1.29 is 51.4 Å². The number of nitrogens with zero attached hydrogens (tertiary/aromatic N) is 1. The van der Waals surface area contributed by atoms with Crippen molar-refractivity contribution in [3.05, 3.63) is 59.0 Å². The minimum Gasteiger partial charge on any atom is -0.395 e. The zero-order valence-electron chi connectivity index (χ0n) is 29.8. The van der Waals surface area contributed by atoms with E-state index in [0.29, 0.717) is 0 Å². The summed E-state index contributed by atoms with van der Waals surface area (Å²) < 4.78 is 134. The molecular weight excluding hydrogens is 487 g/mol. The van der Waals surface area contributed by atoms with Gasteiger partial charge in [0.05, 0.1) is 34.2 Å². The summed E-state index contributed by atoms with van der Waals surface area (Å²) >= 11 is 0. The standard InChI is InChI=1S/C28H30F3NO5/c1-4-26(2,3)24-10-17-9-16(20(29)13-21(17)32(24)14-19(34)15-33)11-25(35)27(7-8-27)18-5-6-22-23(12-18)37-28(30,31)36-22/h5-6,9-10,12-13,19,33-34H,4,7-8,11,14-15H2,1-3H3/t19-/m0/s1/i2D3,7D2,8D2,15D2,19D/t19-,26?. The average Bonchev–Trinajstić information content (AvgIpc) is 3.20. The number of Topliss-reactive ketones (excluding diaryl/α,β-unsaturated/α-hetero) is 1. The summed E-state index contributed by atoms with van der Waals surface area (Å²) in [4.78, 5) is 13.9. The highest BCUT2D eigenvalue weighted by Gasteiger charge is 2.52. The Hall–Kier alpha value is -3.04. The van der Waals surface area contributed by atoms with Crippen molar-refractivity contribution in [2.75, 3.05) is 6.56 Å². The lowest BCUT2D eigenvalue weighted by Crippen LogP contribution is -2.26. The largest absolute Gasteiger partial charge is 0.586 e. The Morgan fingerprint density at radius 3 is 2.68 bits per heavy atom. The fourth-order valence-corrected chi connectivity index (χ4v) is 4.46. The molecule has 2 atom stereocenters. The highest BCUT2D eigenvalue weighted by atomic mass is 19.3. The van der Waals surface area contributed by atoms with Crippen molar-refractivity contribution >= 4 is 16.7 Å². The predicted molar refractivity (Wildman–Crippen MR) is 131 cm³/mol. The average molecular weight is 528 g/mol. The monoisotopic (exact) mass is 527 g/mol. The van der Waals surface area contributed by atoms with E-state index in [1.165, 1.54) is 13.0 Å². The number of rotatable bonds is 9. The highest BCUT2D eigenvalue weighted by Crippen LogP contribution is 2.52. The molecule has 0 spiro atoms. The molecule has 0 radical (unpaired) electrons. The van der Waals surface area contributed by atoms with E-state index in [9.17, 15) is 23.8 Å². The molecule has 1 unspecified atom stereocenters. The number of alkyl halides is 2. The van der Waals surface area contributed by atoms with Crippen LogP contribution < -0.4 is 9.47 Å². The topological polar surface area (TPSA) is 80.9 Å². The quantitative estimate of drug-likeness (QED) is 0.410. The Labute approximate surface area is 226 Å². The fourth-order valence-electron chi connectivity index (χ4n) is 4.46. The SMILES string of the molecule is [2H]C([2H])([2H])C(C)(CC)c1cc2cc(CC(=O)C3(c4ccc5c(c4)OC(F)(F)O5)C([2H])([2H])C3([2H])[2H])c(F)cc2n1C[C@]([2H])(O)C([2H])([2H])O. The van der Waals surface area contributed by atoms with Gasteiger partial charge in [-0.2, -0.15) is 0 Å². The summed E-state index contributed by atoms with van der Waals surface area (Å²) in [6, 6.07) is 6.13. The number of fused-ring (bicyclic) bond motifs is 2. The van der Waals surface area contributed by atoms with Crippen LogP contribution in [0.2, 0.25) is 0 Å². The number of halogens is 3. The molecule has 2 aromatic carbocycles. The first-order valence-electron chi connectivity index (χ1n) is 16.4. The summed E-state index contributed by atoms with van der Waals surface area (Å²) in [7, 11) is 0. The molecule has 1 aliphatic heterocycles. The van der Waals surface area contributed by atoms with Crippen LogP contribution in [-0.4, -0.2) is 39.5 Å². The maximum absolute atomic E-state index is 15.8. The summed E-state index contributed by atoms with van der Waals surface area (Å²) in [5.74, 6) is -3.24. The second-order valence-electron chi connectivity index (χ2n) is 9.29. The smallest absolute Gasteiger partial charge is 0.395 e. The van der Waals surface area contributed by atoms with Crippen LogP contribution in [0.25, 0.3) is 10.9 Å². The van der Waals surface area contributed by atoms with E-state index in [1.807, 2.05) is 0 Å². The van der Waals surface area contributed by atoms with Gasteiger partial charge in [0.15, 0.2) is 11.5 Å². The number of carbonyl (C=O) groups is 1. The van der Waals surface area contributed by atoms with Crippen LogP contribution in [0, 0.1) is 5.82 Å². The molecule has 0 amide bonds. The van der Waals surface area contributed by atoms with Crippen molar-refractivity contribution in [1.29, 1.82) is 0 Å². The first kappa shape index (κ1) is 16.0. The van der Waals surface area contributed by atoms with Crippen LogP contribution in [0.15, 0.2) is 36.4 Å². The maximum atomic E-state index is 15.8. The maximum Gasteiger partial charge on any atom is 0.586 e. The van der Waals surface area contributed by atoms with Crippen molar-refractivity contribution in [3.8, 4) is 11.5 Å². The molecule has 198 valence electrons. The highest BCUT2D eigenvalue weighted by molar-refractivity contribution is 5.95. The molecule has 2 N–H and O–H groups in total. The van der Waals surface area contributed by atoms with Crippen molar-refractivity contribution in [3.63, 3.8) is 0 Å². The fraction of sp³-hybridized carbons (Fsp3) is 0.464. The summed E-state index contributed by atoms with van der Waals surface area (Å²) in [6.07, 6.45) is -13.9. The lowest BCUT2D eigenvalue weighted by Gasteiger charge is -2.26. The Kier molecular flexibility index (Phi) is 3.80. The third-order valence-corrected chi connectivity index (χ3v) is 6.76. The number of carbonyl (C=O) groups excluding carboxylic acids is 1. The van der Waals surface area contributed by atoms with Gasteiger partial charge >= 0.3 is 6.29 Å². The summed E-state index contributed by atoms with van der Waals surface area (Å²) in [6.45, 7) is -4.33. The van der Waals surface area contributed by atoms with E-state index < -0.39 is 85.4 Å². The molecule has 9 heteroatoms. The normalized spacial score (nSPS) is 27.9. The second kappa shape index (κ2) is 8.77. The van der Waals surface area contributed by atoms with E-state index in [-0.39, 0.29) is 34.1 Å². The number of aromatic nitrogens is 1. The van der Waals surface area contributed by atoms with Crippen molar-refractivity contribution in [2.45, 2.75) is 76.0 Å². The second-order valence-corrected chi connectivity index (χ2v) is 9.29. The van der Waals surface area contributed by atoms with E-state index in [0.717, 1.165) is 34.9 Å². The number of ketones is 1. The molecule has 1 fully saturated rings. The van der Waals surface area contributed by atoms with E-state index >= 15 is 4.39 Å². The van der Waals surface area contributed by atoms with Gasteiger partial charge in [0.1, 0.15) is 11.6 Å². The minimum atomic E-state index is -4.05. The van der Waals surface area contributed by atoms with Gasteiger partial charge in [-0.15, -0.1) is 8.78 Å². The molecule has 1 aliphatic carbocycles. The molecule has 6 nitrogen and oxygen atoms in total. The summed E-state index contributed by atoms with van der Waals surface area (Å²) in [5.41, 5.74) is -5.20. The van der Waals surface area contributed by atoms with Gasteiger partial charge in [-0.1, -0.05) is 26.8 Å². The van der Waals surface area contributed by atoms with Gasteiger partial charge in [-0.05, 0) is 60.6 Å². The predicted octanol–water partition coefficient (Wildman–Crippen LogP) is 4.99. The molecule has 2 aliphatic rings. The minimum absolute atomic E-state index is 0.0375. The van der Waals surface area contributed by atoms with E-state index in [1.54, 1.807) is 6.92 Å². The molecule has 1 aromatic heterocycles. The molecule has 0 bridgehead atoms. The number of ether oxygens (including phenoxy) is 2. The van der Waals surface area contributed by atoms with Gasteiger partial charge in [0, 0.05) is 32.5 Å². The molecular formula is C28H30F3NO5. The molecule has 37 heavy (non-hydrogen) atoms. The van der Waals surface area contributed by atoms with Gasteiger partial charge in [0.2, 0.25) is 0 Å². The van der Waals surface area contributed by atoms with Crippen LogP contribution >= 0.6 is 0 Å². The Morgan fingerprint density at radius 2 is 2.03 bits per heavy atom. The number of hydrogen-bond donors (Lipinski definition) is 2. The van der Waals surface area contributed by atoms with Crippen LogP contribution in [0.3, 0.4) is 0 Å². The van der Waals surface area contributed by atoms with Gasteiger partial charge < -0.3 is 24.3 Å². The Balaban J connectivity index is 1.63. The zero-order chi connectivity index (χ0) is 35.6. The first-order chi connectivity index (χ1) is 21.2. The lowest BCUT2D eigenvalue weighted by molar-refractivity contribution is -0.286. The lowest BCUT2D eigenvalue weighted by atomic mass is 9.86. The number of benzene rings is 2. The third-order valence-electron chi connectivity index (χ3n) is 6.76. The Bertz CT molecular complexity index is 1770. The van der Waals surface area contributed by atoms with Crippen LogP contribution in [0.5, 0.6) is 11.5 Å². The van der Waals surface area contributed by atoms with Gasteiger partial charge in [-0.25, -0.2) is 4.39 Å². The van der Waals surface area contributed by atoms with Crippen LogP contribution in [0.4, 0.5) is 13.2 Å². The Morgan fingerprint density at radius 1 is 1.30 bits per heavy atom. The van der Waals surface area contributed by atoms with Crippen LogP contribution in [0.1, 0.15) is 70.4 Å². The zero-order valence-corrected chi connectivity index (χ0v) is 19.8. The first-order valence-corrected chi connectivity index (χ1v) is 11.4. The van der Waals surface area contributed by atoms with E-state index in [2.05, 4.69) is 9.47 Å². The number of aliphatic hydroxyl groups is 2. The molecule has 0 saturated heterocycles. The van der Waals surface area contributed by atoms with Crippen molar-refractivity contribution in [2.24, 2.45) is 0 Å². The van der Waals surface area contributed by atoms with Crippen LogP contribution in [-0.2, 0) is 28.6 Å². The number of hydrogen-bond acceptors (Lipinski definition) is 5. The molecule has 5 rings (SSSR count). The summed E-state index contributed by atoms with van der Waals surface area (Å²) in [5, 5.41) is 20.4. The molecule has 2 heterocycles. The van der Waals surface area contributed by atoms with Gasteiger partial charge in [-0.3, -0.25) is 4.79 Å². The van der Waals surface area contributed by atoms with E-state index in [4.69, 9.17) is 13.7 Å². The van der Waals surface area contributed by atoms with Crippen molar-refractivity contribution in [1.82, 2.24) is 4.57 Å². The van der Waals surface area contributed by atoms with Gasteiger partial charge in [0.25, 0.3) is 0 Å². The molecule has 3 aromatic rings. The third kappa shape index (κ3) is 4.48. The molecule has 1 saturated carbocycles.